The summed E-state index contributed by atoms with van der Waals surface area (Å²) in [6, 6.07) is 7.88. The van der Waals surface area contributed by atoms with Crippen molar-refractivity contribution in [2.45, 2.75) is 4.90 Å². The Labute approximate surface area is 91.1 Å². The van der Waals surface area contributed by atoms with E-state index in [9.17, 15) is 0 Å². The molecule has 4 heteroatoms. The van der Waals surface area contributed by atoms with Gasteiger partial charge in [-0.3, -0.25) is 0 Å². The zero-order valence-electron chi connectivity index (χ0n) is 7.44. The number of hydrogen-bond acceptors (Lipinski definition) is 4. The van der Waals surface area contributed by atoms with Gasteiger partial charge in [0.25, 0.3) is 0 Å². The largest absolute Gasteiger partial charge is 0.494 e. The van der Waals surface area contributed by atoms with Crippen LogP contribution >= 0.6 is 24.0 Å². The molecule has 0 aliphatic heterocycles. The first-order valence-electron chi connectivity index (χ1n) is 3.96. The van der Waals surface area contributed by atoms with E-state index in [2.05, 4.69) is 18.7 Å². The van der Waals surface area contributed by atoms with E-state index in [1.165, 1.54) is 11.3 Å². The number of rotatable bonds is 1. The number of methoxy groups -OCH3 is 1. The van der Waals surface area contributed by atoms with Gasteiger partial charge in [-0.15, -0.1) is 24.0 Å². The molecule has 0 saturated heterocycles. The molecule has 1 aromatic heterocycles. The fourth-order valence-electron chi connectivity index (χ4n) is 1.34. The van der Waals surface area contributed by atoms with E-state index < -0.39 is 0 Å². The summed E-state index contributed by atoms with van der Waals surface area (Å²) < 4.78 is 6.23. The van der Waals surface area contributed by atoms with Crippen molar-refractivity contribution in [3.63, 3.8) is 0 Å². The first-order chi connectivity index (χ1) is 6.76. The molecule has 0 unspecified atom stereocenters. The van der Waals surface area contributed by atoms with Crippen LogP contribution in [0, 0.1) is 11.3 Å². The smallest absolute Gasteiger partial charge is 0.155 e. The highest BCUT2D eigenvalue weighted by Gasteiger charge is 2.11. The van der Waals surface area contributed by atoms with E-state index in [1.54, 1.807) is 7.11 Å². The van der Waals surface area contributed by atoms with Crippen molar-refractivity contribution >= 4 is 34.1 Å². The minimum atomic E-state index is 0.612. The van der Waals surface area contributed by atoms with Crippen molar-refractivity contribution in [2.24, 2.45) is 0 Å². The van der Waals surface area contributed by atoms with Gasteiger partial charge in [0.05, 0.1) is 7.11 Å². The summed E-state index contributed by atoms with van der Waals surface area (Å²) in [6.07, 6.45) is 0. The number of fused-ring (bicyclic) bond motifs is 1. The van der Waals surface area contributed by atoms with Crippen LogP contribution in [-0.4, -0.2) is 7.11 Å². The zero-order valence-corrected chi connectivity index (χ0v) is 9.15. The number of thiol groups is 1. The van der Waals surface area contributed by atoms with Gasteiger partial charge in [-0.05, 0) is 18.2 Å². The van der Waals surface area contributed by atoms with Crippen LogP contribution in [0.2, 0.25) is 0 Å². The Hall–Kier alpha value is -1.18. The molecular formula is C10H7NOS2. The van der Waals surface area contributed by atoms with Crippen LogP contribution in [-0.2, 0) is 0 Å². The molecule has 2 rings (SSSR count). The van der Waals surface area contributed by atoms with Crippen molar-refractivity contribution in [2.75, 3.05) is 7.11 Å². The molecular weight excluding hydrogens is 214 g/mol. The molecule has 2 aromatic rings. The summed E-state index contributed by atoms with van der Waals surface area (Å²) in [5.41, 5.74) is 0. The Morgan fingerprint density at radius 1 is 1.50 bits per heavy atom. The van der Waals surface area contributed by atoms with Gasteiger partial charge in [-0.1, -0.05) is 0 Å². The number of nitrogens with zero attached hydrogens (tertiary/aromatic N) is 1. The molecule has 14 heavy (non-hydrogen) atoms. The highest BCUT2D eigenvalue weighted by molar-refractivity contribution is 7.80. The molecule has 1 aromatic carbocycles. The summed E-state index contributed by atoms with van der Waals surface area (Å²) in [5.74, 6) is 0.667. The van der Waals surface area contributed by atoms with Crippen molar-refractivity contribution in [3.8, 4) is 11.8 Å². The van der Waals surface area contributed by atoms with Gasteiger partial charge < -0.3 is 4.74 Å². The van der Waals surface area contributed by atoms with E-state index in [0.717, 1.165) is 15.0 Å². The highest BCUT2D eigenvalue weighted by atomic mass is 32.1. The Morgan fingerprint density at radius 3 is 2.93 bits per heavy atom. The van der Waals surface area contributed by atoms with Crippen LogP contribution in [0.15, 0.2) is 23.1 Å². The van der Waals surface area contributed by atoms with Crippen molar-refractivity contribution in [1.82, 2.24) is 0 Å². The maximum Gasteiger partial charge on any atom is 0.155 e. The van der Waals surface area contributed by atoms with E-state index in [4.69, 9.17) is 10.00 Å². The lowest BCUT2D eigenvalue weighted by molar-refractivity contribution is 0.420. The van der Waals surface area contributed by atoms with E-state index in [-0.39, 0.29) is 0 Å². The summed E-state index contributed by atoms with van der Waals surface area (Å²) in [4.78, 5) is 1.51. The molecule has 0 N–H and O–H groups in total. The first-order valence-corrected chi connectivity index (χ1v) is 5.22. The van der Waals surface area contributed by atoms with Gasteiger partial charge in [-0.25, -0.2) is 0 Å². The third kappa shape index (κ3) is 1.35. The number of thiophene rings is 1. The van der Waals surface area contributed by atoms with Gasteiger partial charge in [0, 0.05) is 15.0 Å². The molecule has 0 fully saturated rings. The van der Waals surface area contributed by atoms with Crippen LogP contribution in [0.5, 0.6) is 5.75 Å². The Morgan fingerprint density at radius 2 is 2.29 bits per heavy atom. The molecule has 0 aliphatic carbocycles. The Bertz CT molecular complexity index is 525. The van der Waals surface area contributed by atoms with Crippen LogP contribution in [0.25, 0.3) is 10.1 Å². The van der Waals surface area contributed by atoms with Crippen LogP contribution in [0.4, 0.5) is 0 Å². The minimum absolute atomic E-state index is 0.612. The third-order valence-corrected chi connectivity index (χ3v) is 3.25. The summed E-state index contributed by atoms with van der Waals surface area (Å²) in [5, 5.41) is 9.86. The van der Waals surface area contributed by atoms with Gasteiger partial charge in [0.1, 0.15) is 10.9 Å². The van der Waals surface area contributed by atoms with Crippen LogP contribution < -0.4 is 4.74 Å². The van der Waals surface area contributed by atoms with Gasteiger partial charge in [0.15, 0.2) is 5.75 Å². The lowest BCUT2D eigenvalue weighted by Crippen LogP contribution is -1.82. The second-order valence-corrected chi connectivity index (χ2v) is 4.33. The number of benzene rings is 1. The predicted molar refractivity (Wildman–Crippen MR) is 60.3 cm³/mol. The lowest BCUT2D eigenvalue weighted by Gasteiger charge is -1.97. The molecule has 2 nitrogen and oxygen atoms in total. The summed E-state index contributed by atoms with van der Waals surface area (Å²) in [6.45, 7) is 0. The van der Waals surface area contributed by atoms with E-state index >= 15 is 0 Å². The van der Waals surface area contributed by atoms with Crippen molar-refractivity contribution < 1.29 is 4.74 Å². The average Bonchev–Trinajstić information content (AvgIpc) is 2.54. The molecule has 0 amide bonds. The predicted octanol–water partition coefficient (Wildman–Crippen LogP) is 3.07. The van der Waals surface area contributed by atoms with E-state index in [0.29, 0.717) is 10.6 Å². The minimum Gasteiger partial charge on any atom is -0.494 e. The van der Waals surface area contributed by atoms with Crippen LogP contribution in [0.1, 0.15) is 4.88 Å². The number of ether oxygens (including phenoxy) is 1. The highest BCUT2D eigenvalue weighted by Crippen LogP contribution is 2.37. The maximum atomic E-state index is 8.88. The van der Waals surface area contributed by atoms with Gasteiger partial charge in [-0.2, -0.15) is 5.26 Å². The molecule has 70 valence electrons. The quantitative estimate of drug-likeness (QED) is 0.751. The molecule has 0 atom stereocenters. The second-order valence-electron chi connectivity index (χ2n) is 2.76. The van der Waals surface area contributed by atoms with Crippen molar-refractivity contribution in [1.29, 1.82) is 5.26 Å². The Kier molecular flexibility index (Phi) is 2.36. The Balaban J connectivity index is 2.81. The lowest BCUT2D eigenvalue weighted by atomic mass is 10.2. The summed E-state index contributed by atoms with van der Waals surface area (Å²) in [7, 11) is 1.58. The maximum absolute atomic E-state index is 8.88. The number of hydrogen-bond donors (Lipinski definition) is 1. The fraction of sp³-hybridized carbons (Fsp3) is 0.100. The van der Waals surface area contributed by atoms with Gasteiger partial charge >= 0.3 is 0 Å². The first kappa shape index (κ1) is 9.38. The normalized spacial score (nSPS) is 10.1. The molecule has 0 aliphatic rings. The molecule has 0 saturated carbocycles. The molecule has 0 radical (unpaired) electrons. The average molecular weight is 221 g/mol. The monoisotopic (exact) mass is 221 g/mol. The summed E-state index contributed by atoms with van der Waals surface area (Å²) >= 11 is 5.67. The van der Waals surface area contributed by atoms with Crippen LogP contribution in [0.3, 0.4) is 0 Å². The SMILES string of the molecule is COc1c(C#N)sc2cc(S)ccc12. The second kappa shape index (κ2) is 3.52. The third-order valence-electron chi connectivity index (χ3n) is 1.93. The van der Waals surface area contributed by atoms with Crippen molar-refractivity contribution in [3.05, 3.63) is 23.1 Å². The van der Waals surface area contributed by atoms with E-state index in [1.807, 2.05) is 18.2 Å². The number of nitriles is 1. The fourth-order valence-corrected chi connectivity index (χ4v) is 2.64. The standard InChI is InChI=1S/C10H7NOS2/c1-12-10-7-3-2-6(13)4-8(7)14-9(10)5-11/h2-4,13H,1H3. The zero-order chi connectivity index (χ0) is 10.1. The van der Waals surface area contributed by atoms with Gasteiger partial charge in [0.2, 0.25) is 0 Å². The molecule has 0 spiro atoms. The molecule has 1 heterocycles. The topological polar surface area (TPSA) is 33.0 Å². The molecule has 0 bridgehead atoms.